The third-order valence-corrected chi connectivity index (χ3v) is 3.64. The van der Waals surface area contributed by atoms with Gasteiger partial charge in [0.25, 0.3) is 5.56 Å². The van der Waals surface area contributed by atoms with Gasteiger partial charge in [-0.1, -0.05) is 0 Å². The molecule has 1 aromatic heterocycles. The molecule has 2 saturated heterocycles. The topological polar surface area (TPSA) is 93.9 Å². The first-order valence-corrected chi connectivity index (χ1v) is 5.93. The van der Waals surface area contributed by atoms with E-state index in [4.69, 9.17) is 0 Å². The van der Waals surface area contributed by atoms with E-state index < -0.39 is 11.2 Å². The van der Waals surface area contributed by atoms with E-state index in [1.807, 2.05) is 0 Å². The van der Waals surface area contributed by atoms with Crippen LogP contribution < -0.4 is 16.6 Å². The zero-order valence-electron chi connectivity index (χ0n) is 9.40. The lowest BCUT2D eigenvalue weighted by Crippen LogP contribution is -2.37. The van der Waals surface area contributed by atoms with Gasteiger partial charge in [0.1, 0.15) is 0 Å². The van der Waals surface area contributed by atoms with E-state index in [0.29, 0.717) is 6.04 Å². The average molecular weight is 237 g/mol. The second-order valence-electron chi connectivity index (χ2n) is 4.64. The summed E-state index contributed by atoms with van der Waals surface area (Å²) in [6.07, 6.45) is 3.40. The fraction of sp³-hybridized carbons (Fsp3) is 0.700. The molecular weight excluding hydrogens is 222 g/mol. The van der Waals surface area contributed by atoms with Crippen molar-refractivity contribution in [2.45, 2.75) is 31.3 Å². The molecule has 2 aliphatic rings. The Labute approximate surface area is 97.2 Å². The van der Waals surface area contributed by atoms with Crippen LogP contribution >= 0.6 is 0 Å². The molecule has 0 saturated carbocycles. The Hall–Kier alpha value is -1.63. The van der Waals surface area contributed by atoms with Gasteiger partial charge in [0, 0.05) is 18.6 Å². The van der Waals surface area contributed by atoms with Crippen molar-refractivity contribution >= 4 is 5.82 Å². The largest absolute Gasteiger partial charge is 0.360 e. The van der Waals surface area contributed by atoms with Gasteiger partial charge in [-0.3, -0.25) is 14.7 Å². The maximum atomic E-state index is 11.5. The van der Waals surface area contributed by atoms with Crippen LogP contribution in [0, 0.1) is 0 Å². The van der Waals surface area contributed by atoms with Crippen molar-refractivity contribution in [1.82, 2.24) is 20.1 Å². The highest BCUT2D eigenvalue weighted by Crippen LogP contribution is 2.29. The molecule has 2 fully saturated rings. The van der Waals surface area contributed by atoms with Crippen LogP contribution in [-0.4, -0.2) is 45.3 Å². The molecule has 2 aliphatic heterocycles. The average Bonchev–Trinajstić information content (AvgIpc) is 2.86. The first-order chi connectivity index (χ1) is 8.24. The number of hydrogen-bond acceptors (Lipinski definition) is 5. The second kappa shape index (κ2) is 3.99. The number of hydrogen-bond donors (Lipinski definition) is 3. The van der Waals surface area contributed by atoms with Crippen LogP contribution in [0.1, 0.15) is 19.3 Å². The number of anilines is 1. The monoisotopic (exact) mass is 237 g/mol. The Morgan fingerprint density at radius 1 is 1.29 bits per heavy atom. The third kappa shape index (κ3) is 1.86. The van der Waals surface area contributed by atoms with Gasteiger partial charge in [-0.2, -0.15) is 0 Å². The van der Waals surface area contributed by atoms with Gasteiger partial charge < -0.3 is 5.32 Å². The van der Waals surface area contributed by atoms with Crippen LogP contribution in [-0.2, 0) is 0 Å². The Balaban J connectivity index is 1.79. The van der Waals surface area contributed by atoms with Gasteiger partial charge in [0.15, 0.2) is 0 Å². The first-order valence-electron chi connectivity index (χ1n) is 5.93. The number of nitrogens with one attached hydrogen (secondary N) is 3. The molecule has 1 aromatic rings. The lowest BCUT2D eigenvalue weighted by atomic mass is 10.1. The minimum atomic E-state index is -0.575. The number of rotatable bonds is 2. The molecule has 0 aliphatic carbocycles. The van der Waals surface area contributed by atoms with Crippen molar-refractivity contribution in [2.24, 2.45) is 0 Å². The van der Waals surface area contributed by atoms with Gasteiger partial charge in [-0.25, -0.2) is 9.89 Å². The molecule has 3 rings (SSSR count). The van der Waals surface area contributed by atoms with Gasteiger partial charge in [-0.05, 0) is 25.8 Å². The fourth-order valence-electron chi connectivity index (χ4n) is 2.87. The van der Waals surface area contributed by atoms with E-state index in [9.17, 15) is 9.59 Å². The predicted octanol–water partition coefficient (Wildman–Crippen LogP) is -0.893. The van der Waals surface area contributed by atoms with E-state index in [-0.39, 0.29) is 11.9 Å². The summed E-state index contributed by atoms with van der Waals surface area (Å²) in [6, 6.07) is 0.764. The Morgan fingerprint density at radius 2 is 2.18 bits per heavy atom. The van der Waals surface area contributed by atoms with Crippen LogP contribution in [0.4, 0.5) is 5.82 Å². The molecule has 2 atom stereocenters. The fourth-order valence-corrected chi connectivity index (χ4v) is 2.87. The van der Waals surface area contributed by atoms with Crippen LogP contribution in [0.25, 0.3) is 0 Å². The molecule has 0 bridgehead atoms. The molecule has 0 spiro atoms. The summed E-state index contributed by atoms with van der Waals surface area (Å²) in [5.74, 6) is 0.211. The first kappa shape index (κ1) is 10.5. The van der Waals surface area contributed by atoms with E-state index in [1.54, 1.807) is 0 Å². The molecule has 0 radical (unpaired) electrons. The highest BCUT2D eigenvalue weighted by molar-refractivity contribution is 5.32. The Kier molecular flexibility index (Phi) is 2.47. The molecule has 7 heteroatoms. The quantitative estimate of drug-likeness (QED) is 0.620. The number of aromatic amines is 2. The van der Waals surface area contributed by atoms with Gasteiger partial charge in [-0.15, -0.1) is 5.10 Å². The Bertz CT molecular complexity index is 522. The summed E-state index contributed by atoms with van der Waals surface area (Å²) in [5, 5.41) is 9.12. The summed E-state index contributed by atoms with van der Waals surface area (Å²) in [7, 11) is 0. The van der Waals surface area contributed by atoms with Crippen molar-refractivity contribution in [3.63, 3.8) is 0 Å². The standard InChI is InChI=1S/C10H15N5O2/c16-9-8(13-14-10(17)12-9)11-6-3-5-15-4-1-2-7(6)15/h6-7H,1-5H2,(H,11,13)(H2,12,14,16,17). The second-order valence-corrected chi connectivity index (χ2v) is 4.64. The smallest absolute Gasteiger partial charge is 0.342 e. The summed E-state index contributed by atoms with van der Waals surface area (Å²) < 4.78 is 0. The van der Waals surface area contributed by atoms with Crippen LogP contribution in [0.5, 0.6) is 0 Å². The molecule has 7 nitrogen and oxygen atoms in total. The zero-order valence-corrected chi connectivity index (χ0v) is 9.40. The lowest BCUT2D eigenvalue weighted by Gasteiger charge is -2.20. The minimum absolute atomic E-state index is 0.211. The highest BCUT2D eigenvalue weighted by Gasteiger charge is 2.37. The molecule has 0 aromatic carbocycles. The van der Waals surface area contributed by atoms with E-state index in [2.05, 4.69) is 25.4 Å². The van der Waals surface area contributed by atoms with Crippen molar-refractivity contribution in [3.8, 4) is 0 Å². The molecule has 3 N–H and O–H groups in total. The number of nitrogens with zero attached hydrogens (tertiary/aromatic N) is 2. The van der Waals surface area contributed by atoms with Gasteiger partial charge >= 0.3 is 5.69 Å². The molecule has 0 amide bonds. The van der Waals surface area contributed by atoms with Crippen LogP contribution in [0.15, 0.2) is 9.59 Å². The van der Waals surface area contributed by atoms with Gasteiger partial charge in [0.05, 0.1) is 0 Å². The molecule has 17 heavy (non-hydrogen) atoms. The molecular formula is C10H15N5O2. The van der Waals surface area contributed by atoms with Crippen molar-refractivity contribution in [3.05, 3.63) is 20.8 Å². The highest BCUT2D eigenvalue weighted by atomic mass is 16.2. The Morgan fingerprint density at radius 3 is 3.00 bits per heavy atom. The van der Waals surface area contributed by atoms with Crippen LogP contribution in [0.3, 0.4) is 0 Å². The minimum Gasteiger partial charge on any atom is -0.360 e. The predicted molar refractivity (Wildman–Crippen MR) is 62.1 cm³/mol. The summed E-state index contributed by atoms with van der Waals surface area (Å²) >= 11 is 0. The zero-order chi connectivity index (χ0) is 11.8. The summed E-state index contributed by atoms with van der Waals surface area (Å²) in [6.45, 7) is 2.22. The molecule has 3 heterocycles. The van der Waals surface area contributed by atoms with Crippen molar-refractivity contribution in [1.29, 1.82) is 0 Å². The van der Waals surface area contributed by atoms with Crippen molar-refractivity contribution in [2.75, 3.05) is 18.4 Å². The number of H-pyrrole nitrogens is 2. The van der Waals surface area contributed by atoms with Crippen molar-refractivity contribution < 1.29 is 0 Å². The normalized spacial score (nSPS) is 28.2. The summed E-state index contributed by atoms with van der Waals surface area (Å²) in [5.41, 5.74) is -1.03. The molecule has 92 valence electrons. The maximum absolute atomic E-state index is 11.5. The molecule has 2 unspecified atom stereocenters. The number of fused-ring (bicyclic) bond motifs is 1. The number of aromatic nitrogens is 3. The third-order valence-electron chi connectivity index (χ3n) is 3.64. The van der Waals surface area contributed by atoms with E-state index >= 15 is 0 Å². The van der Waals surface area contributed by atoms with E-state index in [1.165, 1.54) is 12.8 Å². The maximum Gasteiger partial charge on any atom is 0.342 e. The lowest BCUT2D eigenvalue weighted by molar-refractivity contribution is 0.318. The van der Waals surface area contributed by atoms with E-state index in [0.717, 1.165) is 19.5 Å². The SMILES string of the molecule is O=c1[nH]nc(NC2CCN3CCCC23)c(=O)[nH]1. The van der Waals surface area contributed by atoms with Crippen LogP contribution in [0.2, 0.25) is 0 Å². The summed E-state index contributed by atoms with van der Waals surface area (Å²) in [4.78, 5) is 27.0. The van der Waals surface area contributed by atoms with Gasteiger partial charge in [0.2, 0.25) is 5.82 Å².